The summed E-state index contributed by atoms with van der Waals surface area (Å²) in [5.74, 6) is 4.22. The van der Waals surface area contributed by atoms with Gasteiger partial charge in [0.25, 0.3) is 0 Å². The van der Waals surface area contributed by atoms with Gasteiger partial charge in [-0.15, -0.1) is 0 Å². The molecule has 1 amide bonds. The maximum Gasteiger partial charge on any atom is 0.222 e. The van der Waals surface area contributed by atoms with Crippen LogP contribution in [0.2, 0.25) is 0 Å². The first-order chi connectivity index (χ1) is 14.1. The van der Waals surface area contributed by atoms with E-state index in [1.807, 2.05) is 14.1 Å². The Kier molecular flexibility index (Phi) is 5.87. The zero-order chi connectivity index (χ0) is 21.8. The van der Waals surface area contributed by atoms with E-state index in [2.05, 4.69) is 20.8 Å². The van der Waals surface area contributed by atoms with E-state index in [9.17, 15) is 14.7 Å². The number of fused-ring (bicyclic) bond motifs is 5. The highest BCUT2D eigenvalue weighted by Gasteiger charge is 2.62. The van der Waals surface area contributed by atoms with Gasteiger partial charge in [-0.1, -0.05) is 20.8 Å². The van der Waals surface area contributed by atoms with Crippen molar-refractivity contribution in [1.29, 1.82) is 0 Å². The molecule has 0 aromatic heterocycles. The van der Waals surface area contributed by atoms with Gasteiger partial charge in [0.15, 0.2) is 0 Å². The van der Waals surface area contributed by atoms with Crippen LogP contribution in [-0.2, 0) is 9.59 Å². The van der Waals surface area contributed by atoms with E-state index in [4.69, 9.17) is 0 Å². The largest absolute Gasteiger partial charge is 0.392 e. The summed E-state index contributed by atoms with van der Waals surface area (Å²) in [6.07, 6.45) is 9.69. The van der Waals surface area contributed by atoms with Gasteiger partial charge in [0.1, 0.15) is 5.78 Å². The molecule has 4 saturated carbocycles. The fourth-order valence-corrected chi connectivity index (χ4v) is 8.86. The molecule has 0 radical (unpaired) electrons. The summed E-state index contributed by atoms with van der Waals surface area (Å²) in [6, 6.07) is 0. The summed E-state index contributed by atoms with van der Waals surface area (Å²) in [6.45, 7) is 7.24. The molecule has 0 saturated heterocycles. The van der Waals surface area contributed by atoms with E-state index in [1.54, 1.807) is 4.90 Å². The van der Waals surface area contributed by atoms with Crippen molar-refractivity contribution < 1.29 is 14.7 Å². The first-order valence-electron chi connectivity index (χ1n) is 12.5. The Labute approximate surface area is 183 Å². The second-order valence-corrected chi connectivity index (χ2v) is 12.0. The standard InChI is InChI=1S/C26H43NO3/c1-16(6-11-24(30)27(4)5)20-9-10-21-19-8-7-17-14-18(28)15-23(29)26(17,3)22(19)12-13-25(20,21)2/h16-17,19-23,29H,6-15H2,1-5H3/t16-,17+,19+,20-,21+,22+,23+,25-,26+/m1/s1. The molecule has 0 aromatic rings. The number of aliphatic hydroxyl groups excluding tert-OH is 1. The molecule has 0 bridgehead atoms. The molecule has 0 aliphatic heterocycles. The Morgan fingerprint density at radius 3 is 2.53 bits per heavy atom. The Balaban J connectivity index is 1.50. The third-order valence-corrected chi connectivity index (χ3v) is 10.6. The number of rotatable bonds is 4. The number of aliphatic hydroxyl groups is 1. The van der Waals surface area contributed by atoms with Gasteiger partial charge in [-0.05, 0) is 85.9 Å². The highest BCUT2D eigenvalue weighted by atomic mass is 16.3. The summed E-state index contributed by atoms with van der Waals surface area (Å²) in [5.41, 5.74) is 0.306. The number of amides is 1. The third kappa shape index (κ3) is 3.36. The van der Waals surface area contributed by atoms with Gasteiger partial charge in [-0.2, -0.15) is 0 Å². The van der Waals surface area contributed by atoms with Crippen LogP contribution in [0.3, 0.4) is 0 Å². The number of Topliss-reactive ketones (excluding diaryl/α,β-unsaturated/α-hetero) is 1. The lowest BCUT2D eigenvalue weighted by atomic mass is 9.44. The van der Waals surface area contributed by atoms with Gasteiger partial charge in [0.2, 0.25) is 5.91 Å². The molecule has 4 aliphatic rings. The van der Waals surface area contributed by atoms with Gasteiger partial charge in [-0.3, -0.25) is 9.59 Å². The van der Waals surface area contributed by atoms with Crippen molar-refractivity contribution in [3.8, 4) is 0 Å². The monoisotopic (exact) mass is 417 g/mol. The average molecular weight is 418 g/mol. The van der Waals surface area contributed by atoms with Crippen LogP contribution in [0.1, 0.15) is 85.0 Å². The molecule has 4 heteroatoms. The fraction of sp³-hybridized carbons (Fsp3) is 0.923. The molecule has 1 N–H and O–H groups in total. The molecule has 170 valence electrons. The van der Waals surface area contributed by atoms with Gasteiger partial charge in [0, 0.05) is 38.8 Å². The topological polar surface area (TPSA) is 57.6 Å². The lowest BCUT2D eigenvalue weighted by molar-refractivity contribution is -0.171. The van der Waals surface area contributed by atoms with E-state index in [1.165, 1.54) is 32.1 Å². The molecule has 9 atom stereocenters. The van der Waals surface area contributed by atoms with Crippen molar-refractivity contribution in [3.05, 3.63) is 0 Å². The minimum absolute atomic E-state index is 0.0695. The van der Waals surface area contributed by atoms with E-state index < -0.39 is 6.10 Å². The zero-order valence-electron chi connectivity index (χ0n) is 19.8. The Bertz CT molecular complexity index is 690. The van der Waals surface area contributed by atoms with Gasteiger partial charge in [0.05, 0.1) is 6.10 Å². The Hall–Kier alpha value is -0.900. The molecule has 4 nitrogen and oxygen atoms in total. The second-order valence-electron chi connectivity index (χ2n) is 12.0. The van der Waals surface area contributed by atoms with Crippen LogP contribution in [0.5, 0.6) is 0 Å². The average Bonchev–Trinajstić information content (AvgIpc) is 3.04. The minimum atomic E-state index is -0.450. The first-order valence-corrected chi connectivity index (χ1v) is 12.5. The van der Waals surface area contributed by atoms with Crippen molar-refractivity contribution in [2.24, 2.45) is 46.3 Å². The molecule has 0 unspecified atom stereocenters. The number of ketones is 1. The summed E-state index contributed by atoms with van der Waals surface area (Å²) in [4.78, 5) is 26.0. The highest BCUT2D eigenvalue weighted by Crippen LogP contribution is 2.68. The second kappa shape index (κ2) is 7.90. The summed E-state index contributed by atoms with van der Waals surface area (Å²) in [5, 5.41) is 11.0. The minimum Gasteiger partial charge on any atom is -0.392 e. The number of nitrogens with zero attached hydrogens (tertiary/aromatic N) is 1. The van der Waals surface area contributed by atoms with Crippen LogP contribution < -0.4 is 0 Å². The maximum atomic E-state index is 12.1. The van der Waals surface area contributed by atoms with Crippen LogP contribution in [-0.4, -0.2) is 41.9 Å². The van der Waals surface area contributed by atoms with Crippen molar-refractivity contribution in [1.82, 2.24) is 4.90 Å². The Morgan fingerprint density at radius 2 is 1.83 bits per heavy atom. The van der Waals surface area contributed by atoms with E-state index in [0.29, 0.717) is 54.3 Å². The molecule has 30 heavy (non-hydrogen) atoms. The summed E-state index contributed by atoms with van der Waals surface area (Å²) < 4.78 is 0. The number of carbonyl (C=O) groups is 2. The zero-order valence-corrected chi connectivity index (χ0v) is 19.8. The fourth-order valence-electron chi connectivity index (χ4n) is 8.86. The number of carbonyl (C=O) groups excluding carboxylic acids is 2. The van der Waals surface area contributed by atoms with Crippen LogP contribution in [0.4, 0.5) is 0 Å². The molecule has 0 heterocycles. The van der Waals surface area contributed by atoms with Crippen LogP contribution in [0, 0.1) is 46.3 Å². The quantitative estimate of drug-likeness (QED) is 0.722. The smallest absolute Gasteiger partial charge is 0.222 e. The number of hydrogen-bond acceptors (Lipinski definition) is 3. The lowest BCUT2D eigenvalue weighted by Crippen LogP contribution is -2.58. The Morgan fingerprint density at radius 1 is 1.10 bits per heavy atom. The lowest BCUT2D eigenvalue weighted by Gasteiger charge is -2.61. The predicted octanol–water partition coefficient (Wildman–Crippen LogP) is 4.69. The molecule has 0 spiro atoms. The van der Waals surface area contributed by atoms with E-state index >= 15 is 0 Å². The van der Waals surface area contributed by atoms with Crippen LogP contribution in [0.25, 0.3) is 0 Å². The summed E-state index contributed by atoms with van der Waals surface area (Å²) in [7, 11) is 3.71. The first kappa shape index (κ1) is 22.3. The summed E-state index contributed by atoms with van der Waals surface area (Å²) >= 11 is 0. The van der Waals surface area contributed by atoms with Gasteiger partial charge in [-0.25, -0.2) is 0 Å². The van der Waals surface area contributed by atoms with E-state index in [-0.39, 0.29) is 17.1 Å². The molecule has 4 fully saturated rings. The van der Waals surface area contributed by atoms with Gasteiger partial charge < -0.3 is 10.0 Å². The molecule has 4 rings (SSSR count). The van der Waals surface area contributed by atoms with Crippen molar-refractivity contribution in [2.45, 2.75) is 91.1 Å². The molecular weight excluding hydrogens is 374 g/mol. The van der Waals surface area contributed by atoms with E-state index in [0.717, 1.165) is 18.8 Å². The highest BCUT2D eigenvalue weighted by molar-refractivity contribution is 5.80. The van der Waals surface area contributed by atoms with Crippen LogP contribution >= 0.6 is 0 Å². The van der Waals surface area contributed by atoms with Crippen molar-refractivity contribution in [3.63, 3.8) is 0 Å². The molecule has 0 aromatic carbocycles. The number of hydrogen-bond donors (Lipinski definition) is 1. The van der Waals surface area contributed by atoms with Crippen molar-refractivity contribution >= 4 is 11.7 Å². The molecular formula is C26H43NO3. The SMILES string of the molecule is C[C@H](CCC(=O)N(C)C)[C@H]1CC[C@H]2[C@@H]3CC[C@H]4CC(=O)C[C@H](O)[C@]4(C)[C@H]3CC[C@]12C. The maximum absolute atomic E-state index is 12.1. The normalized spacial score (nSPS) is 46.5. The third-order valence-electron chi connectivity index (χ3n) is 10.6. The van der Waals surface area contributed by atoms with Crippen LogP contribution in [0.15, 0.2) is 0 Å². The predicted molar refractivity (Wildman–Crippen MR) is 119 cm³/mol. The van der Waals surface area contributed by atoms with Crippen molar-refractivity contribution in [2.75, 3.05) is 14.1 Å². The molecule has 4 aliphatic carbocycles. The van der Waals surface area contributed by atoms with Gasteiger partial charge >= 0.3 is 0 Å².